The Labute approximate surface area is 138 Å². The summed E-state index contributed by atoms with van der Waals surface area (Å²) >= 11 is 7.14. The van der Waals surface area contributed by atoms with Gasteiger partial charge in [0.15, 0.2) is 0 Å². The number of nitrogens with zero attached hydrogens (tertiary/aromatic N) is 1. The standard InChI is InChI=1S/C16H16ClFN2OS/c1-10(13-5-3-4-6-14(13)18)22-11(2)16(21)20-15-8-7-12(17)9-19-15/h3-11H,1-2H3,(H,19,20,21). The number of hydrogen-bond acceptors (Lipinski definition) is 3. The van der Waals surface area contributed by atoms with Gasteiger partial charge in [-0.3, -0.25) is 4.79 Å². The van der Waals surface area contributed by atoms with Crippen LogP contribution in [0.5, 0.6) is 0 Å². The number of pyridine rings is 1. The first kappa shape index (κ1) is 16.8. The molecule has 2 rings (SSSR count). The second-order valence-corrected chi connectivity index (χ2v) is 6.92. The van der Waals surface area contributed by atoms with E-state index in [0.29, 0.717) is 16.4 Å². The zero-order valence-electron chi connectivity index (χ0n) is 12.2. The van der Waals surface area contributed by atoms with Gasteiger partial charge in [-0.15, -0.1) is 11.8 Å². The summed E-state index contributed by atoms with van der Waals surface area (Å²) in [5, 5.41) is 2.76. The fourth-order valence-corrected chi connectivity index (χ4v) is 3.17. The van der Waals surface area contributed by atoms with Crippen molar-refractivity contribution >= 4 is 35.1 Å². The molecule has 3 nitrogen and oxygen atoms in total. The van der Waals surface area contributed by atoms with Gasteiger partial charge < -0.3 is 5.32 Å². The summed E-state index contributed by atoms with van der Waals surface area (Å²) < 4.78 is 13.7. The van der Waals surface area contributed by atoms with Crippen LogP contribution in [0.3, 0.4) is 0 Å². The van der Waals surface area contributed by atoms with Gasteiger partial charge in [0.25, 0.3) is 0 Å². The molecule has 0 saturated carbocycles. The molecule has 22 heavy (non-hydrogen) atoms. The molecule has 2 aromatic rings. The molecule has 6 heteroatoms. The van der Waals surface area contributed by atoms with Gasteiger partial charge in [0.1, 0.15) is 11.6 Å². The number of carbonyl (C=O) groups is 1. The number of thioether (sulfide) groups is 1. The molecule has 0 aliphatic carbocycles. The van der Waals surface area contributed by atoms with Crippen molar-refractivity contribution < 1.29 is 9.18 Å². The molecule has 0 bridgehead atoms. The molecule has 2 atom stereocenters. The van der Waals surface area contributed by atoms with E-state index in [1.165, 1.54) is 24.0 Å². The van der Waals surface area contributed by atoms with Gasteiger partial charge in [-0.1, -0.05) is 29.8 Å². The van der Waals surface area contributed by atoms with Crippen LogP contribution in [0.4, 0.5) is 10.2 Å². The summed E-state index contributed by atoms with van der Waals surface area (Å²) in [6.45, 7) is 3.67. The van der Waals surface area contributed by atoms with E-state index in [1.807, 2.05) is 6.92 Å². The van der Waals surface area contributed by atoms with Gasteiger partial charge in [0.2, 0.25) is 5.91 Å². The highest BCUT2D eigenvalue weighted by atomic mass is 35.5. The molecule has 0 radical (unpaired) electrons. The maximum Gasteiger partial charge on any atom is 0.238 e. The predicted molar refractivity (Wildman–Crippen MR) is 89.7 cm³/mol. The zero-order chi connectivity index (χ0) is 16.1. The monoisotopic (exact) mass is 338 g/mol. The smallest absolute Gasteiger partial charge is 0.238 e. The molecule has 1 aromatic heterocycles. The van der Waals surface area contributed by atoms with Crippen molar-refractivity contribution in [3.63, 3.8) is 0 Å². The number of rotatable bonds is 5. The van der Waals surface area contributed by atoms with Crippen LogP contribution in [0.1, 0.15) is 24.7 Å². The minimum atomic E-state index is -0.341. The lowest BCUT2D eigenvalue weighted by atomic mass is 10.1. The van der Waals surface area contributed by atoms with Crippen molar-refractivity contribution in [2.24, 2.45) is 0 Å². The summed E-state index contributed by atoms with van der Waals surface area (Å²) in [7, 11) is 0. The highest BCUT2D eigenvalue weighted by Crippen LogP contribution is 2.33. The van der Waals surface area contributed by atoms with E-state index in [0.717, 1.165) is 0 Å². The van der Waals surface area contributed by atoms with E-state index in [1.54, 1.807) is 37.3 Å². The lowest BCUT2D eigenvalue weighted by Gasteiger charge is -2.17. The topological polar surface area (TPSA) is 42.0 Å². The maximum atomic E-state index is 13.7. The quantitative estimate of drug-likeness (QED) is 0.859. The van der Waals surface area contributed by atoms with Gasteiger partial charge >= 0.3 is 0 Å². The Hall–Kier alpha value is -1.59. The van der Waals surface area contributed by atoms with E-state index in [2.05, 4.69) is 10.3 Å². The lowest BCUT2D eigenvalue weighted by Crippen LogP contribution is -2.23. The maximum absolute atomic E-state index is 13.7. The highest BCUT2D eigenvalue weighted by Gasteiger charge is 2.20. The minimum Gasteiger partial charge on any atom is -0.310 e. The van der Waals surface area contributed by atoms with E-state index in [9.17, 15) is 9.18 Å². The molecule has 1 heterocycles. The van der Waals surface area contributed by atoms with Crippen molar-refractivity contribution in [1.29, 1.82) is 0 Å². The molecule has 0 aliphatic heterocycles. The fourth-order valence-electron chi connectivity index (χ4n) is 1.92. The molecule has 1 N–H and O–H groups in total. The number of amides is 1. The largest absolute Gasteiger partial charge is 0.310 e. The number of anilines is 1. The van der Waals surface area contributed by atoms with Crippen molar-refractivity contribution in [2.75, 3.05) is 5.32 Å². The minimum absolute atomic E-state index is 0.125. The second kappa shape index (κ2) is 7.61. The average Bonchev–Trinajstić information content (AvgIpc) is 2.49. The Balaban J connectivity index is 1.96. The summed E-state index contributed by atoms with van der Waals surface area (Å²) in [4.78, 5) is 16.2. The van der Waals surface area contributed by atoms with Crippen LogP contribution in [0.15, 0.2) is 42.6 Å². The average molecular weight is 339 g/mol. The van der Waals surface area contributed by atoms with E-state index < -0.39 is 0 Å². The molecule has 0 spiro atoms. The lowest BCUT2D eigenvalue weighted by molar-refractivity contribution is -0.115. The highest BCUT2D eigenvalue weighted by molar-refractivity contribution is 8.00. The fraction of sp³-hybridized carbons (Fsp3) is 0.250. The Morgan fingerprint density at radius 2 is 2.00 bits per heavy atom. The van der Waals surface area contributed by atoms with Crippen LogP contribution in [0, 0.1) is 5.82 Å². The van der Waals surface area contributed by atoms with E-state index in [-0.39, 0.29) is 22.2 Å². The molecular formula is C16H16ClFN2OS. The van der Waals surface area contributed by atoms with Crippen molar-refractivity contribution in [3.05, 3.63) is 59.0 Å². The van der Waals surface area contributed by atoms with Gasteiger partial charge in [-0.25, -0.2) is 9.37 Å². The molecule has 0 aliphatic rings. The van der Waals surface area contributed by atoms with Crippen LogP contribution in [-0.2, 0) is 4.79 Å². The van der Waals surface area contributed by atoms with Crippen molar-refractivity contribution in [3.8, 4) is 0 Å². The van der Waals surface area contributed by atoms with E-state index >= 15 is 0 Å². The number of aromatic nitrogens is 1. The van der Waals surface area contributed by atoms with Crippen LogP contribution < -0.4 is 5.32 Å². The van der Waals surface area contributed by atoms with Gasteiger partial charge in [0.05, 0.1) is 10.3 Å². The Morgan fingerprint density at radius 1 is 1.27 bits per heavy atom. The third-order valence-electron chi connectivity index (χ3n) is 3.10. The molecule has 116 valence electrons. The number of hydrogen-bond donors (Lipinski definition) is 1. The predicted octanol–water partition coefficient (Wildman–Crippen LogP) is 4.70. The number of benzene rings is 1. The second-order valence-electron chi connectivity index (χ2n) is 4.79. The number of nitrogens with one attached hydrogen (secondary N) is 1. The molecule has 0 saturated heterocycles. The number of carbonyl (C=O) groups excluding carboxylic acids is 1. The Morgan fingerprint density at radius 3 is 2.64 bits per heavy atom. The Kier molecular flexibility index (Phi) is 5.80. The SMILES string of the molecule is CC(SC(C)c1ccccc1F)C(=O)Nc1ccc(Cl)cn1. The van der Waals surface area contributed by atoms with Crippen LogP contribution in [-0.4, -0.2) is 16.1 Å². The summed E-state index contributed by atoms with van der Waals surface area (Å²) in [5.41, 5.74) is 0.594. The molecule has 2 unspecified atom stereocenters. The van der Waals surface area contributed by atoms with Crippen LogP contribution in [0.25, 0.3) is 0 Å². The number of halogens is 2. The van der Waals surface area contributed by atoms with Gasteiger partial charge in [0, 0.05) is 17.0 Å². The van der Waals surface area contributed by atoms with E-state index in [4.69, 9.17) is 11.6 Å². The first-order valence-corrected chi connectivity index (χ1v) is 8.11. The molecular weight excluding hydrogens is 323 g/mol. The normalized spacial score (nSPS) is 13.5. The summed E-state index contributed by atoms with van der Waals surface area (Å²) in [5.74, 6) is 0.0119. The van der Waals surface area contributed by atoms with Crippen LogP contribution in [0.2, 0.25) is 5.02 Å². The van der Waals surface area contributed by atoms with Crippen molar-refractivity contribution in [1.82, 2.24) is 4.98 Å². The van der Waals surface area contributed by atoms with Crippen LogP contribution >= 0.6 is 23.4 Å². The summed E-state index contributed by atoms with van der Waals surface area (Å²) in [6.07, 6.45) is 1.47. The third kappa shape index (κ3) is 4.45. The summed E-state index contributed by atoms with van der Waals surface area (Å²) in [6, 6.07) is 9.89. The molecule has 1 aromatic carbocycles. The van der Waals surface area contributed by atoms with Gasteiger partial charge in [-0.05, 0) is 32.0 Å². The molecule has 1 amide bonds. The zero-order valence-corrected chi connectivity index (χ0v) is 13.8. The first-order chi connectivity index (χ1) is 10.5. The first-order valence-electron chi connectivity index (χ1n) is 6.79. The van der Waals surface area contributed by atoms with Gasteiger partial charge in [-0.2, -0.15) is 0 Å². The third-order valence-corrected chi connectivity index (χ3v) is 4.61. The Bertz CT molecular complexity index is 651. The molecule has 0 fully saturated rings. The van der Waals surface area contributed by atoms with Crippen molar-refractivity contribution in [2.45, 2.75) is 24.3 Å².